The second kappa shape index (κ2) is 3.79. The van der Waals surface area contributed by atoms with Gasteiger partial charge in [-0.25, -0.2) is 4.79 Å². The number of carbonyl (C=O) groups is 1. The first-order chi connectivity index (χ1) is 6.61. The lowest BCUT2D eigenvalue weighted by Gasteiger charge is -2.05. The molecule has 0 amide bonds. The van der Waals surface area contributed by atoms with Gasteiger partial charge in [-0.1, -0.05) is 0 Å². The molecule has 0 unspecified atom stereocenters. The molecule has 0 aliphatic carbocycles. The molecule has 0 aliphatic heterocycles. The summed E-state index contributed by atoms with van der Waals surface area (Å²) in [6, 6.07) is 4.75. The molecule has 72 valence electrons. The van der Waals surface area contributed by atoms with Crippen molar-refractivity contribution in [1.29, 1.82) is 5.26 Å². The molecule has 1 aromatic rings. The Morgan fingerprint density at radius 1 is 1.57 bits per heavy atom. The number of phenolic OH excluding ortho intramolecular Hbond substituents is 1. The van der Waals surface area contributed by atoms with Crippen LogP contribution in [0.4, 0.5) is 0 Å². The minimum absolute atomic E-state index is 0.0731. The maximum Gasteiger partial charge on any atom is 0.341 e. The molecule has 4 heteroatoms. The second-order valence-electron chi connectivity index (χ2n) is 2.74. The van der Waals surface area contributed by atoms with Crippen LogP contribution in [-0.4, -0.2) is 18.2 Å². The molecule has 0 heterocycles. The third kappa shape index (κ3) is 1.52. The van der Waals surface area contributed by atoms with Gasteiger partial charge in [0, 0.05) is 5.56 Å². The van der Waals surface area contributed by atoms with Gasteiger partial charge in [0.2, 0.25) is 0 Å². The van der Waals surface area contributed by atoms with E-state index in [9.17, 15) is 9.90 Å². The standard InChI is InChI=1S/C10H9NO3/c1-6-7(5-11)3-4-8(9(6)12)10(13)14-2/h3-4,12H,1-2H3. The number of hydrogen-bond acceptors (Lipinski definition) is 4. The molecule has 1 rings (SSSR count). The zero-order chi connectivity index (χ0) is 10.7. The van der Waals surface area contributed by atoms with Crippen LogP contribution in [0.1, 0.15) is 21.5 Å². The predicted molar refractivity (Wildman–Crippen MR) is 48.9 cm³/mol. The normalized spacial score (nSPS) is 9.21. The summed E-state index contributed by atoms with van der Waals surface area (Å²) < 4.78 is 4.46. The first kappa shape index (κ1) is 10.1. The Kier molecular flexibility index (Phi) is 2.73. The quantitative estimate of drug-likeness (QED) is 0.680. The van der Waals surface area contributed by atoms with Crippen molar-refractivity contribution in [2.24, 2.45) is 0 Å². The first-order valence-corrected chi connectivity index (χ1v) is 3.92. The molecule has 1 N–H and O–H groups in total. The van der Waals surface area contributed by atoms with Gasteiger partial charge in [0.05, 0.1) is 18.7 Å². The van der Waals surface area contributed by atoms with Gasteiger partial charge in [0.25, 0.3) is 0 Å². The molecule has 4 nitrogen and oxygen atoms in total. The maximum atomic E-state index is 11.1. The third-order valence-corrected chi connectivity index (χ3v) is 1.96. The summed E-state index contributed by atoms with van der Waals surface area (Å²) in [5, 5.41) is 18.2. The highest BCUT2D eigenvalue weighted by molar-refractivity contribution is 5.93. The topological polar surface area (TPSA) is 70.3 Å². The summed E-state index contributed by atoms with van der Waals surface area (Å²) in [5.41, 5.74) is 0.801. The van der Waals surface area contributed by atoms with E-state index in [4.69, 9.17) is 5.26 Å². The largest absolute Gasteiger partial charge is 0.507 e. The summed E-state index contributed by atoms with van der Waals surface area (Å²) in [7, 11) is 1.23. The van der Waals surface area contributed by atoms with Gasteiger partial charge < -0.3 is 9.84 Å². The highest BCUT2D eigenvalue weighted by Gasteiger charge is 2.15. The van der Waals surface area contributed by atoms with E-state index in [-0.39, 0.29) is 11.3 Å². The van der Waals surface area contributed by atoms with E-state index in [1.807, 2.05) is 6.07 Å². The summed E-state index contributed by atoms with van der Waals surface area (Å²) in [5.74, 6) is -0.814. The molecule has 0 aromatic heterocycles. The predicted octanol–water partition coefficient (Wildman–Crippen LogP) is 1.36. The van der Waals surface area contributed by atoms with E-state index in [0.717, 1.165) is 0 Å². The Morgan fingerprint density at radius 3 is 2.71 bits per heavy atom. The van der Waals surface area contributed by atoms with Crippen molar-refractivity contribution < 1.29 is 14.6 Å². The molecule has 0 aliphatic rings. The lowest BCUT2D eigenvalue weighted by atomic mass is 10.0. The molecule has 0 fully saturated rings. The summed E-state index contributed by atoms with van der Waals surface area (Å²) in [6.45, 7) is 1.57. The van der Waals surface area contributed by atoms with Gasteiger partial charge in [-0.2, -0.15) is 5.26 Å². The van der Waals surface area contributed by atoms with Crippen LogP contribution < -0.4 is 0 Å². The van der Waals surface area contributed by atoms with Gasteiger partial charge in [0.15, 0.2) is 0 Å². The molecular weight excluding hydrogens is 182 g/mol. The number of benzene rings is 1. The number of hydrogen-bond donors (Lipinski definition) is 1. The minimum atomic E-state index is -0.616. The van der Waals surface area contributed by atoms with Crippen molar-refractivity contribution in [3.05, 3.63) is 28.8 Å². The number of nitriles is 1. The number of nitrogens with zero attached hydrogens (tertiary/aromatic N) is 1. The maximum absolute atomic E-state index is 11.1. The van der Waals surface area contributed by atoms with E-state index in [1.165, 1.54) is 19.2 Å². The van der Waals surface area contributed by atoms with E-state index >= 15 is 0 Å². The van der Waals surface area contributed by atoms with Crippen molar-refractivity contribution in [2.75, 3.05) is 7.11 Å². The zero-order valence-electron chi connectivity index (χ0n) is 7.87. The molecule has 0 bridgehead atoms. The van der Waals surface area contributed by atoms with Crippen molar-refractivity contribution in [2.45, 2.75) is 6.92 Å². The molecule has 0 saturated heterocycles. The highest BCUT2D eigenvalue weighted by Crippen LogP contribution is 2.25. The molecule has 0 radical (unpaired) electrons. The number of methoxy groups -OCH3 is 1. The van der Waals surface area contributed by atoms with Crippen LogP contribution in [0.15, 0.2) is 12.1 Å². The SMILES string of the molecule is COC(=O)c1ccc(C#N)c(C)c1O. The van der Waals surface area contributed by atoms with Crippen LogP contribution in [0.3, 0.4) is 0 Å². The average Bonchev–Trinajstić information content (AvgIpc) is 2.21. The van der Waals surface area contributed by atoms with Gasteiger partial charge in [-0.05, 0) is 19.1 Å². The van der Waals surface area contributed by atoms with Crippen molar-refractivity contribution in [3.63, 3.8) is 0 Å². The van der Waals surface area contributed by atoms with Crippen LogP contribution in [-0.2, 0) is 4.74 Å². The highest BCUT2D eigenvalue weighted by atomic mass is 16.5. The summed E-state index contributed by atoms with van der Waals surface area (Å²) in [4.78, 5) is 11.1. The third-order valence-electron chi connectivity index (χ3n) is 1.96. The Hall–Kier alpha value is -2.02. The molecule has 14 heavy (non-hydrogen) atoms. The van der Waals surface area contributed by atoms with E-state index in [0.29, 0.717) is 11.1 Å². The van der Waals surface area contributed by atoms with E-state index < -0.39 is 5.97 Å². The fourth-order valence-electron chi connectivity index (χ4n) is 1.10. The Labute approximate surface area is 81.4 Å². The van der Waals surface area contributed by atoms with Gasteiger partial charge in [-0.3, -0.25) is 0 Å². The molecular formula is C10H9NO3. The fraction of sp³-hybridized carbons (Fsp3) is 0.200. The van der Waals surface area contributed by atoms with Crippen LogP contribution in [0.25, 0.3) is 0 Å². The van der Waals surface area contributed by atoms with E-state index in [2.05, 4.69) is 4.74 Å². The summed E-state index contributed by atoms with van der Waals surface area (Å²) >= 11 is 0. The molecule has 0 saturated carbocycles. The van der Waals surface area contributed by atoms with Crippen LogP contribution in [0, 0.1) is 18.3 Å². The number of phenols is 1. The average molecular weight is 191 g/mol. The Morgan fingerprint density at radius 2 is 2.21 bits per heavy atom. The lowest BCUT2D eigenvalue weighted by molar-refractivity contribution is 0.0597. The monoisotopic (exact) mass is 191 g/mol. The van der Waals surface area contributed by atoms with E-state index in [1.54, 1.807) is 6.92 Å². The number of carbonyl (C=O) groups excluding carboxylic acids is 1. The molecule has 0 spiro atoms. The number of rotatable bonds is 1. The number of esters is 1. The van der Waals surface area contributed by atoms with Gasteiger partial charge >= 0.3 is 5.97 Å². The smallest absolute Gasteiger partial charge is 0.341 e. The fourth-order valence-corrected chi connectivity index (χ4v) is 1.10. The second-order valence-corrected chi connectivity index (χ2v) is 2.74. The zero-order valence-corrected chi connectivity index (χ0v) is 7.87. The van der Waals surface area contributed by atoms with Crippen molar-refractivity contribution in [3.8, 4) is 11.8 Å². The first-order valence-electron chi connectivity index (χ1n) is 3.92. The minimum Gasteiger partial charge on any atom is -0.507 e. The molecule has 1 aromatic carbocycles. The van der Waals surface area contributed by atoms with Crippen LogP contribution in [0.5, 0.6) is 5.75 Å². The van der Waals surface area contributed by atoms with Crippen molar-refractivity contribution >= 4 is 5.97 Å². The number of ether oxygens (including phenoxy) is 1. The molecule has 0 atom stereocenters. The number of aromatic hydroxyl groups is 1. The Balaban J connectivity index is 3.33. The van der Waals surface area contributed by atoms with Gasteiger partial charge in [0.1, 0.15) is 11.3 Å². The summed E-state index contributed by atoms with van der Waals surface area (Å²) in [6.07, 6.45) is 0. The van der Waals surface area contributed by atoms with Crippen LogP contribution >= 0.6 is 0 Å². The van der Waals surface area contributed by atoms with Gasteiger partial charge in [-0.15, -0.1) is 0 Å². The van der Waals surface area contributed by atoms with Crippen LogP contribution in [0.2, 0.25) is 0 Å². The van der Waals surface area contributed by atoms with Crippen molar-refractivity contribution in [1.82, 2.24) is 0 Å². The lowest BCUT2D eigenvalue weighted by Crippen LogP contribution is -2.02. The Bertz CT molecular complexity index is 418.